The maximum Gasteiger partial charge on any atom is 0.151 e. The molecule has 0 aromatic carbocycles. The zero-order valence-corrected chi connectivity index (χ0v) is 7.99. The highest BCUT2D eigenvalue weighted by Gasteiger charge is 2.07. The zero-order chi connectivity index (χ0) is 10.7. The molecule has 2 aromatic heterocycles. The van der Waals surface area contributed by atoms with Gasteiger partial charge in [0, 0.05) is 41.3 Å². The van der Waals surface area contributed by atoms with Gasteiger partial charge in [0.25, 0.3) is 0 Å². The first kappa shape index (κ1) is 9.45. The number of H-pyrrole nitrogens is 2. The van der Waals surface area contributed by atoms with Crippen LogP contribution in [0.2, 0.25) is 0 Å². The van der Waals surface area contributed by atoms with Gasteiger partial charge in [0.05, 0.1) is 0 Å². The summed E-state index contributed by atoms with van der Waals surface area (Å²) < 4.78 is 0. The fourth-order valence-electron chi connectivity index (χ4n) is 1.54. The third-order valence-electron chi connectivity index (χ3n) is 2.35. The Kier molecular flexibility index (Phi) is 2.49. The summed E-state index contributed by atoms with van der Waals surface area (Å²) in [5.41, 5.74) is 2.88. The van der Waals surface area contributed by atoms with Crippen molar-refractivity contribution >= 4 is 12.6 Å². The van der Waals surface area contributed by atoms with E-state index < -0.39 is 0 Å². The Bertz CT molecular complexity index is 438. The molecule has 0 saturated heterocycles. The van der Waals surface area contributed by atoms with E-state index in [0.29, 0.717) is 17.5 Å². The molecule has 76 valence electrons. The Morgan fingerprint density at radius 1 is 0.933 bits per heavy atom. The first-order chi connectivity index (χ1) is 7.35. The molecule has 0 unspecified atom stereocenters. The molecule has 0 spiro atoms. The Balaban J connectivity index is 2.29. The van der Waals surface area contributed by atoms with Crippen LogP contribution in [0.1, 0.15) is 32.1 Å². The number of aromatic nitrogens is 2. The fraction of sp³-hybridized carbons (Fsp3) is 0.0909. The molecule has 0 aliphatic heterocycles. The third kappa shape index (κ3) is 1.74. The molecule has 0 radical (unpaired) electrons. The zero-order valence-electron chi connectivity index (χ0n) is 7.99. The highest BCUT2D eigenvalue weighted by atomic mass is 16.1. The fourth-order valence-corrected chi connectivity index (χ4v) is 1.54. The van der Waals surface area contributed by atoms with Crippen molar-refractivity contribution < 1.29 is 9.59 Å². The van der Waals surface area contributed by atoms with Crippen LogP contribution >= 0.6 is 0 Å². The molecule has 4 nitrogen and oxygen atoms in total. The van der Waals surface area contributed by atoms with Gasteiger partial charge in [-0.25, -0.2) is 0 Å². The number of aromatic amines is 2. The monoisotopic (exact) mass is 202 g/mol. The van der Waals surface area contributed by atoms with Crippen LogP contribution in [0.4, 0.5) is 0 Å². The number of hydrogen-bond acceptors (Lipinski definition) is 2. The lowest BCUT2D eigenvalue weighted by atomic mass is 10.1. The summed E-state index contributed by atoms with van der Waals surface area (Å²) >= 11 is 0. The summed E-state index contributed by atoms with van der Waals surface area (Å²) in [5, 5.41) is 0. The van der Waals surface area contributed by atoms with Crippen LogP contribution < -0.4 is 0 Å². The van der Waals surface area contributed by atoms with Crippen molar-refractivity contribution in [2.75, 3.05) is 0 Å². The summed E-state index contributed by atoms with van der Waals surface area (Å²) in [6.45, 7) is 0. The van der Waals surface area contributed by atoms with Crippen molar-refractivity contribution in [1.29, 1.82) is 0 Å². The van der Waals surface area contributed by atoms with Gasteiger partial charge in [0.15, 0.2) is 12.6 Å². The second-order valence-corrected chi connectivity index (χ2v) is 3.24. The van der Waals surface area contributed by atoms with E-state index >= 15 is 0 Å². The van der Waals surface area contributed by atoms with Gasteiger partial charge in [-0.15, -0.1) is 0 Å². The van der Waals surface area contributed by atoms with Gasteiger partial charge in [0.1, 0.15) is 0 Å². The summed E-state index contributed by atoms with van der Waals surface area (Å²) in [7, 11) is 0. The largest absolute Gasteiger partial charge is 0.364 e. The summed E-state index contributed by atoms with van der Waals surface area (Å²) in [4.78, 5) is 27.3. The molecule has 2 N–H and O–H groups in total. The van der Waals surface area contributed by atoms with Gasteiger partial charge in [-0.2, -0.15) is 0 Å². The van der Waals surface area contributed by atoms with Gasteiger partial charge in [-0.3, -0.25) is 9.59 Å². The van der Waals surface area contributed by atoms with Crippen LogP contribution in [0, 0.1) is 0 Å². The molecule has 0 saturated carbocycles. The van der Waals surface area contributed by atoms with Gasteiger partial charge in [-0.05, 0) is 12.1 Å². The highest BCUT2D eigenvalue weighted by molar-refractivity contribution is 5.78. The van der Waals surface area contributed by atoms with Crippen molar-refractivity contribution in [3.05, 3.63) is 47.0 Å². The quantitative estimate of drug-likeness (QED) is 0.739. The maximum absolute atomic E-state index is 10.7. The Morgan fingerprint density at radius 2 is 1.40 bits per heavy atom. The molecule has 0 bridgehead atoms. The number of rotatable bonds is 4. The normalized spacial score (nSPS) is 10.1. The smallest absolute Gasteiger partial charge is 0.151 e. The minimum atomic E-state index is 0.530. The van der Waals surface area contributed by atoms with E-state index in [1.807, 2.05) is 0 Å². The van der Waals surface area contributed by atoms with E-state index in [1.54, 1.807) is 24.5 Å². The molecular weight excluding hydrogens is 192 g/mol. The number of carbonyl (C=O) groups is 2. The molecule has 15 heavy (non-hydrogen) atoms. The number of hydrogen-bond donors (Lipinski definition) is 2. The van der Waals surface area contributed by atoms with Crippen molar-refractivity contribution in [2.45, 2.75) is 6.42 Å². The summed E-state index contributed by atoms with van der Waals surface area (Å²) in [6.07, 6.45) is 5.55. The second kappa shape index (κ2) is 3.96. The van der Waals surface area contributed by atoms with Gasteiger partial charge >= 0.3 is 0 Å². The lowest BCUT2D eigenvalue weighted by Gasteiger charge is -1.98. The number of nitrogens with one attached hydrogen (secondary N) is 2. The Labute approximate surface area is 86.3 Å². The van der Waals surface area contributed by atoms with Crippen molar-refractivity contribution in [3.8, 4) is 0 Å². The van der Waals surface area contributed by atoms with Crippen LogP contribution in [-0.2, 0) is 6.42 Å². The Morgan fingerprint density at radius 3 is 1.80 bits per heavy atom. The lowest BCUT2D eigenvalue weighted by molar-refractivity contribution is 0.111. The van der Waals surface area contributed by atoms with E-state index in [2.05, 4.69) is 9.97 Å². The van der Waals surface area contributed by atoms with E-state index in [0.717, 1.165) is 24.0 Å². The van der Waals surface area contributed by atoms with E-state index in [4.69, 9.17) is 0 Å². The maximum atomic E-state index is 10.7. The molecule has 0 aliphatic rings. The first-order valence-corrected chi connectivity index (χ1v) is 4.58. The summed E-state index contributed by atoms with van der Waals surface area (Å²) in [5.74, 6) is 0. The van der Waals surface area contributed by atoms with Crippen LogP contribution in [-0.4, -0.2) is 22.5 Å². The molecular formula is C11H10N2O2. The molecule has 0 amide bonds. The van der Waals surface area contributed by atoms with Crippen molar-refractivity contribution in [3.63, 3.8) is 0 Å². The van der Waals surface area contributed by atoms with Gasteiger partial charge in [0.2, 0.25) is 0 Å². The molecule has 0 fully saturated rings. The van der Waals surface area contributed by atoms with E-state index in [9.17, 15) is 9.59 Å². The molecule has 4 heteroatoms. The number of carbonyl (C=O) groups excluding carboxylic acids is 2. The van der Waals surface area contributed by atoms with Crippen LogP contribution in [0.15, 0.2) is 24.5 Å². The average Bonchev–Trinajstić information content (AvgIpc) is 2.87. The molecule has 2 rings (SSSR count). The second-order valence-electron chi connectivity index (χ2n) is 3.24. The molecule has 0 atom stereocenters. The minimum Gasteiger partial charge on any atom is -0.364 e. The van der Waals surface area contributed by atoms with Crippen molar-refractivity contribution in [1.82, 2.24) is 9.97 Å². The number of aldehydes is 2. The van der Waals surface area contributed by atoms with E-state index in [-0.39, 0.29) is 0 Å². The molecule has 2 heterocycles. The lowest BCUT2D eigenvalue weighted by Crippen LogP contribution is -1.96. The van der Waals surface area contributed by atoms with E-state index in [1.165, 1.54) is 0 Å². The van der Waals surface area contributed by atoms with Gasteiger partial charge in [-0.1, -0.05) is 0 Å². The summed E-state index contributed by atoms with van der Waals surface area (Å²) in [6, 6.07) is 3.43. The minimum absolute atomic E-state index is 0.530. The standard InChI is InChI=1S/C11H10N2O2/c14-6-8-1-3-12-10(8)5-11-9(7-15)2-4-13-11/h1-4,6-7,12-13H,5H2. The predicted molar refractivity (Wildman–Crippen MR) is 55.2 cm³/mol. The van der Waals surface area contributed by atoms with Crippen LogP contribution in [0.3, 0.4) is 0 Å². The van der Waals surface area contributed by atoms with Crippen LogP contribution in [0.5, 0.6) is 0 Å². The average molecular weight is 202 g/mol. The molecule has 2 aromatic rings. The topological polar surface area (TPSA) is 65.7 Å². The van der Waals surface area contributed by atoms with Gasteiger partial charge < -0.3 is 9.97 Å². The SMILES string of the molecule is O=Cc1cc[nH]c1Cc1[nH]ccc1C=O. The van der Waals surface area contributed by atoms with Crippen molar-refractivity contribution in [2.24, 2.45) is 0 Å². The Hall–Kier alpha value is -2.10. The predicted octanol–water partition coefficient (Wildman–Crippen LogP) is 1.56. The highest BCUT2D eigenvalue weighted by Crippen LogP contribution is 2.12. The third-order valence-corrected chi connectivity index (χ3v) is 2.35. The first-order valence-electron chi connectivity index (χ1n) is 4.58. The van der Waals surface area contributed by atoms with Crippen LogP contribution in [0.25, 0.3) is 0 Å². The molecule has 0 aliphatic carbocycles.